The number of rotatable bonds is 6. The Morgan fingerprint density at radius 3 is 2.31 bits per heavy atom. The molecule has 0 saturated carbocycles. The molecule has 0 spiro atoms. The quantitative estimate of drug-likeness (QED) is 0.649. The molecule has 1 aliphatic heterocycles. The van der Waals surface area contributed by atoms with Gasteiger partial charge in [0.15, 0.2) is 0 Å². The highest BCUT2D eigenvalue weighted by atomic mass is 16.6. The van der Waals surface area contributed by atoms with E-state index >= 15 is 0 Å². The van der Waals surface area contributed by atoms with Gasteiger partial charge in [0.25, 0.3) is 0 Å². The van der Waals surface area contributed by atoms with Gasteiger partial charge in [0.2, 0.25) is 0 Å². The van der Waals surface area contributed by atoms with Crippen molar-refractivity contribution in [2.45, 2.75) is 19.0 Å². The largest absolute Gasteiger partial charge is 0.448 e. The molecule has 1 aromatic heterocycles. The summed E-state index contributed by atoms with van der Waals surface area (Å²) in [6.07, 6.45) is 3.57. The summed E-state index contributed by atoms with van der Waals surface area (Å²) in [5.41, 5.74) is 6.05. The van der Waals surface area contributed by atoms with E-state index in [-0.39, 0.29) is 18.6 Å². The summed E-state index contributed by atoms with van der Waals surface area (Å²) in [5.74, 6) is 0.0862. The highest BCUT2D eigenvalue weighted by molar-refractivity contribution is 5.79. The van der Waals surface area contributed by atoms with Crippen molar-refractivity contribution in [2.75, 3.05) is 39.4 Å². The van der Waals surface area contributed by atoms with Crippen LogP contribution < -0.4 is 0 Å². The van der Waals surface area contributed by atoms with Crippen molar-refractivity contribution >= 4 is 6.09 Å². The molecular weight excluding hydrogens is 404 g/mol. The van der Waals surface area contributed by atoms with Gasteiger partial charge in [-0.1, -0.05) is 48.5 Å². The van der Waals surface area contributed by atoms with E-state index in [2.05, 4.69) is 46.4 Å². The molecule has 1 amide bonds. The SMILES string of the molecule is O=C(OCC1c2ccccc2-c2ccccc21)N1CCN(Cc2cnn(CCO)c2)CC1. The zero-order valence-electron chi connectivity index (χ0n) is 18.1. The van der Waals surface area contributed by atoms with Gasteiger partial charge in [0.05, 0.1) is 19.3 Å². The number of nitrogens with zero attached hydrogens (tertiary/aromatic N) is 4. The molecule has 2 heterocycles. The molecule has 2 aromatic carbocycles. The molecule has 1 N–H and O–H groups in total. The number of carbonyl (C=O) groups excluding carboxylic acids is 1. The molecule has 0 unspecified atom stereocenters. The Kier molecular flexibility index (Phi) is 5.92. The third-order valence-electron chi connectivity index (χ3n) is 6.39. The summed E-state index contributed by atoms with van der Waals surface area (Å²) >= 11 is 0. The van der Waals surface area contributed by atoms with Gasteiger partial charge in [0, 0.05) is 50.4 Å². The molecule has 1 fully saturated rings. The smallest absolute Gasteiger partial charge is 0.409 e. The average Bonchev–Trinajstić information content (AvgIpc) is 3.40. The Morgan fingerprint density at radius 1 is 1.00 bits per heavy atom. The molecule has 166 valence electrons. The fourth-order valence-corrected chi connectivity index (χ4v) is 4.74. The normalized spacial score (nSPS) is 16.1. The Balaban J connectivity index is 1.15. The second-order valence-electron chi connectivity index (χ2n) is 8.40. The molecule has 5 rings (SSSR count). The molecule has 32 heavy (non-hydrogen) atoms. The molecule has 2 aliphatic rings. The minimum atomic E-state index is -0.234. The molecule has 1 aliphatic carbocycles. The lowest BCUT2D eigenvalue weighted by atomic mass is 9.98. The first-order valence-corrected chi connectivity index (χ1v) is 11.2. The molecule has 0 bridgehead atoms. The minimum Gasteiger partial charge on any atom is -0.448 e. The second-order valence-corrected chi connectivity index (χ2v) is 8.40. The third kappa shape index (κ3) is 4.13. The van der Waals surface area contributed by atoms with Gasteiger partial charge in [0.1, 0.15) is 6.61 Å². The summed E-state index contributed by atoms with van der Waals surface area (Å²) in [4.78, 5) is 16.9. The molecule has 7 heteroatoms. The fraction of sp³-hybridized carbons (Fsp3) is 0.360. The van der Waals surface area contributed by atoms with Crippen LogP contribution in [-0.2, 0) is 17.8 Å². The zero-order chi connectivity index (χ0) is 21.9. The first kappa shape index (κ1) is 20.7. The van der Waals surface area contributed by atoms with Crippen molar-refractivity contribution in [3.05, 3.63) is 77.6 Å². The van der Waals surface area contributed by atoms with E-state index in [1.807, 2.05) is 24.5 Å². The number of benzene rings is 2. The maximum absolute atomic E-state index is 12.8. The number of hydrogen-bond acceptors (Lipinski definition) is 5. The third-order valence-corrected chi connectivity index (χ3v) is 6.39. The van der Waals surface area contributed by atoms with E-state index in [0.29, 0.717) is 26.2 Å². The van der Waals surface area contributed by atoms with Gasteiger partial charge in [-0.15, -0.1) is 0 Å². The monoisotopic (exact) mass is 432 g/mol. The van der Waals surface area contributed by atoms with E-state index in [9.17, 15) is 4.79 Å². The number of aliphatic hydroxyl groups excluding tert-OH is 1. The Bertz CT molecular complexity index is 1040. The Hall–Kier alpha value is -3.16. The number of amides is 1. The van der Waals surface area contributed by atoms with Crippen LogP contribution in [0.1, 0.15) is 22.6 Å². The van der Waals surface area contributed by atoms with Gasteiger partial charge in [-0.2, -0.15) is 5.10 Å². The standard InChI is InChI=1S/C25H28N4O3/c30-14-13-29-17-19(15-26-29)16-27-9-11-28(12-10-27)25(31)32-18-24-22-7-3-1-5-20(22)21-6-2-4-8-23(21)24/h1-8,15,17,24,30H,9-14,16,18H2. The van der Waals surface area contributed by atoms with E-state index in [1.54, 1.807) is 9.58 Å². The number of ether oxygens (including phenoxy) is 1. The van der Waals surface area contributed by atoms with Crippen molar-refractivity contribution in [3.8, 4) is 11.1 Å². The van der Waals surface area contributed by atoms with Gasteiger partial charge in [-0.25, -0.2) is 4.79 Å². The summed E-state index contributed by atoms with van der Waals surface area (Å²) in [6.45, 7) is 4.66. The maximum Gasteiger partial charge on any atom is 0.409 e. The molecule has 3 aromatic rings. The van der Waals surface area contributed by atoms with Gasteiger partial charge in [-0.05, 0) is 22.3 Å². The molecule has 7 nitrogen and oxygen atoms in total. The average molecular weight is 433 g/mol. The summed E-state index contributed by atoms with van der Waals surface area (Å²) in [7, 11) is 0. The highest BCUT2D eigenvalue weighted by Crippen LogP contribution is 2.44. The van der Waals surface area contributed by atoms with Crippen LogP contribution in [0.3, 0.4) is 0 Å². The topological polar surface area (TPSA) is 70.8 Å². The molecule has 1 saturated heterocycles. The number of hydrogen-bond donors (Lipinski definition) is 1. The van der Waals surface area contributed by atoms with Gasteiger partial charge >= 0.3 is 6.09 Å². The van der Waals surface area contributed by atoms with E-state index in [1.165, 1.54) is 22.3 Å². The highest BCUT2D eigenvalue weighted by Gasteiger charge is 2.30. The Morgan fingerprint density at radius 2 is 1.66 bits per heavy atom. The zero-order valence-corrected chi connectivity index (χ0v) is 18.1. The lowest BCUT2D eigenvalue weighted by Gasteiger charge is -2.34. The van der Waals surface area contributed by atoms with Gasteiger partial charge < -0.3 is 14.7 Å². The molecular formula is C25H28N4O3. The van der Waals surface area contributed by atoms with E-state index < -0.39 is 0 Å². The molecule has 0 atom stereocenters. The predicted molar refractivity (Wildman–Crippen MR) is 121 cm³/mol. The van der Waals surface area contributed by atoms with Gasteiger partial charge in [-0.3, -0.25) is 9.58 Å². The first-order valence-electron chi connectivity index (χ1n) is 11.2. The lowest BCUT2D eigenvalue weighted by Crippen LogP contribution is -2.48. The first-order chi connectivity index (χ1) is 15.7. The van der Waals surface area contributed by atoms with Crippen molar-refractivity contribution in [2.24, 2.45) is 0 Å². The number of piperazine rings is 1. The van der Waals surface area contributed by atoms with Crippen LogP contribution in [0.2, 0.25) is 0 Å². The number of carbonyl (C=O) groups is 1. The maximum atomic E-state index is 12.8. The summed E-state index contributed by atoms with van der Waals surface area (Å²) in [6, 6.07) is 16.8. The summed E-state index contributed by atoms with van der Waals surface area (Å²) in [5, 5.41) is 13.3. The van der Waals surface area contributed by atoms with Crippen LogP contribution in [0.15, 0.2) is 60.9 Å². The van der Waals surface area contributed by atoms with Crippen molar-refractivity contribution in [1.82, 2.24) is 19.6 Å². The summed E-state index contributed by atoms with van der Waals surface area (Å²) < 4.78 is 7.55. The van der Waals surface area contributed by atoms with Crippen molar-refractivity contribution < 1.29 is 14.6 Å². The van der Waals surface area contributed by atoms with Crippen LogP contribution in [0, 0.1) is 0 Å². The Labute approximate surface area is 187 Å². The fourth-order valence-electron chi connectivity index (χ4n) is 4.74. The van der Waals surface area contributed by atoms with E-state index in [0.717, 1.165) is 25.2 Å². The number of aliphatic hydroxyl groups is 1. The predicted octanol–water partition coefficient (Wildman–Crippen LogP) is 2.94. The van der Waals surface area contributed by atoms with Crippen LogP contribution in [-0.4, -0.2) is 70.2 Å². The van der Waals surface area contributed by atoms with Crippen LogP contribution in [0.4, 0.5) is 4.79 Å². The van der Waals surface area contributed by atoms with E-state index in [4.69, 9.17) is 9.84 Å². The second kappa shape index (κ2) is 9.14. The number of fused-ring (bicyclic) bond motifs is 3. The minimum absolute atomic E-state index is 0.0833. The van der Waals surface area contributed by atoms with Crippen LogP contribution >= 0.6 is 0 Å². The molecule has 0 radical (unpaired) electrons. The van der Waals surface area contributed by atoms with Crippen LogP contribution in [0.5, 0.6) is 0 Å². The number of aromatic nitrogens is 2. The van der Waals surface area contributed by atoms with Crippen molar-refractivity contribution in [3.63, 3.8) is 0 Å². The lowest BCUT2D eigenvalue weighted by molar-refractivity contribution is 0.0728. The van der Waals surface area contributed by atoms with Crippen molar-refractivity contribution in [1.29, 1.82) is 0 Å². The van der Waals surface area contributed by atoms with Crippen LogP contribution in [0.25, 0.3) is 11.1 Å².